The third-order valence-corrected chi connectivity index (χ3v) is 4.94. The number of pyridine rings is 1. The molecule has 3 rings (SSSR count). The summed E-state index contributed by atoms with van der Waals surface area (Å²) in [7, 11) is 0. The van der Waals surface area contributed by atoms with Crippen molar-refractivity contribution in [2.75, 3.05) is 26.2 Å². The Bertz CT molecular complexity index is 398. The number of aromatic nitrogens is 1. The molecule has 2 atom stereocenters. The molecule has 2 fully saturated rings. The van der Waals surface area contributed by atoms with E-state index in [2.05, 4.69) is 33.8 Å². The SMILES string of the molecule is CC1CCCC(N2CCN(Cc3ccccn3)CC2)C1. The van der Waals surface area contributed by atoms with Crippen molar-refractivity contribution in [2.24, 2.45) is 5.92 Å². The second-order valence-corrected chi connectivity index (χ2v) is 6.56. The van der Waals surface area contributed by atoms with Crippen molar-refractivity contribution >= 4 is 0 Å². The number of rotatable bonds is 3. The fourth-order valence-electron chi connectivity index (χ4n) is 3.74. The molecule has 0 aromatic carbocycles. The molecule has 0 bridgehead atoms. The number of hydrogen-bond donors (Lipinski definition) is 0. The van der Waals surface area contributed by atoms with Gasteiger partial charge in [0.15, 0.2) is 0 Å². The highest BCUT2D eigenvalue weighted by Gasteiger charge is 2.27. The molecule has 1 saturated carbocycles. The fourth-order valence-corrected chi connectivity index (χ4v) is 3.74. The van der Waals surface area contributed by atoms with E-state index in [1.807, 2.05) is 12.3 Å². The second-order valence-electron chi connectivity index (χ2n) is 6.56. The molecule has 2 aliphatic rings. The lowest BCUT2D eigenvalue weighted by Gasteiger charge is -2.42. The van der Waals surface area contributed by atoms with Gasteiger partial charge in [-0.1, -0.05) is 25.8 Å². The largest absolute Gasteiger partial charge is 0.298 e. The van der Waals surface area contributed by atoms with Crippen LogP contribution in [-0.4, -0.2) is 47.0 Å². The van der Waals surface area contributed by atoms with E-state index < -0.39 is 0 Å². The Morgan fingerprint density at radius 3 is 2.70 bits per heavy atom. The van der Waals surface area contributed by atoms with E-state index in [9.17, 15) is 0 Å². The molecular formula is C17H27N3. The summed E-state index contributed by atoms with van der Waals surface area (Å²) in [6, 6.07) is 7.07. The van der Waals surface area contributed by atoms with Crippen LogP contribution in [0.3, 0.4) is 0 Å². The zero-order chi connectivity index (χ0) is 13.8. The van der Waals surface area contributed by atoms with E-state index in [0.29, 0.717) is 0 Å². The minimum Gasteiger partial charge on any atom is -0.298 e. The van der Waals surface area contributed by atoms with Gasteiger partial charge in [0.2, 0.25) is 0 Å². The van der Waals surface area contributed by atoms with E-state index in [0.717, 1.165) is 18.5 Å². The third kappa shape index (κ3) is 3.58. The van der Waals surface area contributed by atoms with Gasteiger partial charge in [-0.15, -0.1) is 0 Å². The van der Waals surface area contributed by atoms with Gasteiger partial charge in [-0.05, 0) is 30.9 Å². The number of hydrogen-bond acceptors (Lipinski definition) is 3. The molecule has 1 aromatic rings. The summed E-state index contributed by atoms with van der Waals surface area (Å²) in [5, 5.41) is 0. The summed E-state index contributed by atoms with van der Waals surface area (Å²) in [5.74, 6) is 0.931. The Balaban J connectivity index is 1.47. The number of nitrogens with zero attached hydrogens (tertiary/aromatic N) is 3. The van der Waals surface area contributed by atoms with Crippen molar-refractivity contribution in [2.45, 2.75) is 45.2 Å². The first-order valence-corrected chi connectivity index (χ1v) is 8.17. The first-order valence-electron chi connectivity index (χ1n) is 8.17. The summed E-state index contributed by atoms with van der Waals surface area (Å²) in [6.45, 7) is 8.30. The molecule has 3 heteroatoms. The molecule has 1 aliphatic heterocycles. The van der Waals surface area contributed by atoms with Gasteiger partial charge in [0.05, 0.1) is 5.69 Å². The first-order chi connectivity index (χ1) is 9.81. The van der Waals surface area contributed by atoms with Crippen LogP contribution in [0.5, 0.6) is 0 Å². The molecule has 1 aromatic heterocycles. The predicted octanol–water partition coefficient (Wildman–Crippen LogP) is 2.78. The van der Waals surface area contributed by atoms with Crippen LogP contribution in [0.2, 0.25) is 0 Å². The van der Waals surface area contributed by atoms with E-state index in [1.54, 1.807) is 0 Å². The van der Waals surface area contributed by atoms with Gasteiger partial charge in [-0.2, -0.15) is 0 Å². The topological polar surface area (TPSA) is 19.4 Å². The third-order valence-electron chi connectivity index (χ3n) is 4.94. The molecule has 20 heavy (non-hydrogen) atoms. The molecule has 3 nitrogen and oxygen atoms in total. The minimum absolute atomic E-state index is 0.857. The summed E-state index contributed by atoms with van der Waals surface area (Å²) in [6.07, 6.45) is 7.61. The summed E-state index contributed by atoms with van der Waals surface area (Å²) in [4.78, 5) is 9.72. The van der Waals surface area contributed by atoms with Crippen LogP contribution < -0.4 is 0 Å². The van der Waals surface area contributed by atoms with E-state index >= 15 is 0 Å². The molecule has 110 valence electrons. The molecule has 2 heterocycles. The van der Waals surface area contributed by atoms with Gasteiger partial charge in [-0.3, -0.25) is 14.8 Å². The van der Waals surface area contributed by atoms with E-state index in [4.69, 9.17) is 0 Å². The molecule has 0 spiro atoms. The normalized spacial score (nSPS) is 29.4. The molecule has 2 unspecified atom stereocenters. The average molecular weight is 273 g/mol. The van der Waals surface area contributed by atoms with Crippen LogP contribution in [0, 0.1) is 5.92 Å². The first kappa shape index (κ1) is 14.0. The Morgan fingerprint density at radius 1 is 1.15 bits per heavy atom. The Kier molecular flexibility index (Phi) is 4.69. The maximum Gasteiger partial charge on any atom is 0.0543 e. The van der Waals surface area contributed by atoms with Crippen molar-refractivity contribution in [3.63, 3.8) is 0 Å². The van der Waals surface area contributed by atoms with Crippen molar-refractivity contribution in [3.05, 3.63) is 30.1 Å². The monoisotopic (exact) mass is 273 g/mol. The number of piperazine rings is 1. The highest BCUT2D eigenvalue weighted by Crippen LogP contribution is 2.27. The summed E-state index contributed by atoms with van der Waals surface area (Å²) >= 11 is 0. The van der Waals surface area contributed by atoms with Gasteiger partial charge in [0.1, 0.15) is 0 Å². The zero-order valence-electron chi connectivity index (χ0n) is 12.7. The smallest absolute Gasteiger partial charge is 0.0543 e. The molecule has 0 amide bonds. The van der Waals surface area contributed by atoms with Gasteiger partial charge >= 0.3 is 0 Å². The van der Waals surface area contributed by atoms with Gasteiger partial charge in [0, 0.05) is 45.0 Å². The zero-order valence-corrected chi connectivity index (χ0v) is 12.7. The lowest BCUT2D eigenvalue weighted by atomic mass is 9.86. The maximum atomic E-state index is 4.44. The Hall–Kier alpha value is -0.930. The molecule has 0 N–H and O–H groups in total. The van der Waals surface area contributed by atoms with Crippen LogP contribution >= 0.6 is 0 Å². The predicted molar refractivity (Wildman–Crippen MR) is 82.5 cm³/mol. The van der Waals surface area contributed by atoms with Gasteiger partial charge in [-0.25, -0.2) is 0 Å². The Labute approximate surface area is 123 Å². The van der Waals surface area contributed by atoms with Crippen LogP contribution in [-0.2, 0) is 6.54 Å². The standard InChI is InChI=1S/C17H27N3/c1-15-5-4-7-17(13-15)20-11-9-19(10-12-20)14-16-6-2-3-8-18-16/h2-3,6,8,15,17H,4-5,7,9-14H2,1H3. The van der Waals surface area contributed by atoms with Gasteiger partial charge in [0.25, 0.3) is 0 Å². The van der Waals surface area contributed by atoms with Crippen molar-refractivity contribution < 1.29 is 0 Å². The summed E-state index contributed by atoms with van der Waals surface area (Å²) in [5.41, 5.74) is 1.20. The van der Waals surface area contributed by atoms with Crippen molar-refractivity contribution in [1.82, 2.24) is 14.8 Å². The lowest BCUT2D eigenvalue weighted by molar-refractivity contribution is 0.0654. The van der Waals surface area contributed by atoms with E-state index in [1.165, 1.54) is 57.6 Å². The van der Waals surface area contributed by atoms with Crippen molar-refractivity contribution in [3.8, 4) is 0 Å². The minimum atomic E-state index is 0.857. The van der Waals surface area contributed by atoms with Crippen LogP contribution in [0.15, 0.2) is 24.4 Å². The summed E-state index contributed by atoms with van der Waals surface area (Å²) < 4.78 is 0. The quantitative estimate of drug-likeness (QED) is 0.844. The van der Waals surface area contributed by atoms with Crippen molar-refractivity contribution in [1.29, 1.82) is 0 Å². The lowest BCUT2D eigenvalue weighted by Crippen LogP contribution is -2.51. The van der Waals surface area contributed by atoms with Crippen LogP contribution in [0.1, 0.15) is 38.3 Å². The molecule has 1 aliphatic carbocycles. The molecule has 0 radical (unpaired) electrons. The van der Waals surface area contributed by atoms with E-state index in [-0.39, 0.29) is 0 Å². The van der Waals surface area contributed by atoms with Crippen LogP contribution in [0.4, 0.5) is 0 Å². The maximum absolute atomic E-state index is 4.44. The van der Waals surface area contributed by atoms with Crippen LogP contribution in [0.25, 0.3) is 0 Å². The average Bonchev–Trinajstić information content (AvgIpc) is 2.49. The Morgan fingerprint density at radius 2 is 2.00 bits per heavy atom. The highest BCUT2D eigenvalue weighted by atomic mass is 15.3. The second kappa shape index (κ2) is 6.68. The fraction of sp³-hybridized carbons (Fsp3) is 0.706. The highest BCUT2D eigenvalue weighted by molar-refractivity contribution is 5.03. The van der Waals surface area contributed by atoms with Gasteiger partial charge < -0.3 is 0 Å². The molecular weight excluding hydrogens is 246 g/mol. The molecule has 1 saturated heterocycles.